The van der Waals surface area contributed by atoms with Crippen molar-refractivity contribution in [3.63, 3.8) is 0 Å². The van der Waals surface area contributed by atoms with Crippen molar-refractivity contribution in [1.29, 1.82) is 0 Å². The van der Waals surface area contributed by atoms with Gasteiger partial charge >= 0.3 is 0 Å². The molecule has 8 heteroatoms. The molecule has 1 N–H and O–H groups in total. The van der Waals surface area contributed by atoms with Crippen molar-refractivity contribution in [2.75, 3.05) is 18.9 Å². The van der Waals surface area contributed by atoms with Crippen molar-refractivity contribution >= 4 is 39.2 Å². The number of hydrogen-bond donors (Lipinski definition) is 1. The van der Waals surface area contributed by atoms with Crippen molar-refractivity contribution in [1.82, 2.24) is 14.9 Å². The molecule has 158 valence electrons. The van der Waals surface area contributed by atoms with Gasteiger partial charge in [0, 0.05) is 24.6 Å². The van der Waals surface area contributed by atoms with Crippen LogP contribution in [-0.4, -0.2) is 40.5 Å². The average molecular weight is 436 g/mol. The normalized spacial score (nSPS) is 18.4. The van der Waals surface area contributed by atoms with E-state index in [2.05, 4.69) is 12.2 Å². The fourth-order valence-electron chi connectivity index (χ4n) is 4.10. The zero-order valence-electron chi connectivity index (χ0n) is 17.0. The molecule has 29 heavy (non-hydrogen) atoms. The Morgan fingerprint density at radius 1 is 1.34 bits per heavy atom. The summed E-state index contributed by atoms with van der Waals surface area (Å²) in [7, 11) is 0. The molecule has 1 aliphatic heterocycles. The summed E-state index contributed by atoms with van der Waals surface area (Å²) < 4.78 is 7.36. The lowest BCUT2D eigenvalue weighted by atomic mass is 10.2. The summed E-state index contributed by atoms with van der Waals surface area (Å²) in [6.45, 7) is 4.17. The Morgan fingerprint density at radius 3 is 3.03 bits per heavy atom. The van der Waals surface area contributed by atoms with Crippen LogP contribution in [0.1, 0.15) is 55.9 Å². The first kappa shape index (κ1) is 20.9. The molecule has 2 aliphatic rings. The quantitative estimate of drug-likeness (QED) is 0.371. The van der Waals surface area contributed by atoms with Crippen molar-refractivity contribution in [2.45, 2.75) is 76.1 Å². The Morgan fingerprint density at radius 2 is 2.24 bits per heavy atom. The second-order valence-corrected chi connectivity index (χ2v) is 9.85. The maximum Gasteiger partial charge on any atom is 0.263 e. The molecule has 1 unspecified atom stereocenters. The highest BCUT2D eigenvalue weighted by molar-refractivity contribution is 7.99. The highest BCUT2D eigenvalue weighted by Crippen LogP contribution is 2.35. The van der Waals surface area contributed by atoms with Crippen molar-refractivity contribution < 1.29 is 9.53 Å². The van der Waals surface area contributed by atoms with E-state index in [1.807, 2.05) is 0 Å². The maximum atomic E-state index is 13.3. The van der Waals surface area contributed by atoms with Crippen molar-refractivity contribution in [2.24, 2.45) is 0 Å². The van der Waals surface area contributed by atoms with Crippen LogP contribution in [0.25, 0.3) is 10.2 Å². The number of fused-ring (bicyclic) bond motifs is 3. The van der Waals surface area contributed by atoms with E-state index < -0.39 is 0 Å². The van der Waals surface area contributed by atoms with Crippen LogP contribution in [-0.2, 0) is 28.9 Å². The third-order valence-corrected chi connectivity index (χ3v) is 7.82. The van der Waals surface area contributed by atoms with E-state index in [1.165, 1.54) is 22.2 Å². The largest absolute Gasteiger partial charge is 0.376 e. The van der Waals surface area contributed by atoms with E-state index in [0.717, 1.165) is 68.2 Å². The number of thioether (sulfide) groups is 1. The molecule has 4 rings (SSSR count). The number of carbonyl (C=O) groups is 1. The van der Waals surface area contributed by atoms with Gasteiger partial charge in [-0.15, -0.1) is 11.3 Å². The number of aryl methyl sites for hydroxylation is 2. The number of aromatic nitrogens is 2. The number of rotatable bonds is 9. The lowest BCUT2D eigenvalue weighted by Gasteiger charge is -2.13. The number of ether oxygens (including phenoxy) is 1. The Hall–Kier alpha value is -1.38. The van der Waals surface area contributed by atoms with Crippen LogP contribution in [0.15, 0.2) is 9.95 Å². The number of nitrogens with one attached hydrogen (secondary N) is 1. The van der Waals surface area contributed by atoms with Crippen LogP contribution >= 0.6 is 23.1 Å². The van der Waals surface area contributed by atoms with Crippen LogP contribution in [0.5, 0.6) is 0 Å². The van der Waals surface area contributed by atoms with Crippen molar-refractivity contribution in [3.8, 4) is 0 Å². The molecule has 6 nitrogen and oxygen atoms in total. The predicted octanol–water partition coefficient (Wildman–Crippen LogP) is 3.52. The summed E-state index contributed by atoms with van der Waals surface area (Å²) in [6, 6.07) is 0. The highest BCUT2D eigenvalue weighted by atomic mass is 32.2. The Bertz CT molecular complexity index is 931. The van der Waals surface area contributed by atoms with Gasteiger partial charge in [-0.2, -0.15) is 0 Å². The fourth-order valence-corrected chi connectivity index (χ4v) is 6.26. The summed E-state index contributed by atoms with van der Waals surface area (Å²) in [5, 5.41) is 4.45. The molecule has 3 heterocycles. The molecule has 1 aliphatic carbocycles. The number of unbranched alkanes of at least 4 members (excludes halogenated alkanes) is 2. The van der Waals surface area contributed by atoms with Gasteiger partial charge < -0.3 is 10.1 Å². The summed E-state index contributed by atoms with van der Waals surface area (Å²) in [6.07, 6.45) is 8.52. The topological polar surface area (TPSA) is 73.2 Å². The van der Waals surface area contributed by atoms with E-state index in [0.29, 0.717) is 18.2 Å². The maximum absolute atomic E-state index is 13.3. The van der Waals surface area contributed by atoms with Crippen LogP contribution in [0.4, 0.5) is 0 Å². The molecular weight excluding hydrogens is 406 g/mol. The monoisotopic (exact) mass is 435 g/mol. The van der Waals surface area contributed by atoms with E-state index in [1.54, 1.807) is 15.9 Å². The predicted molar refractivity (Wildman–Crippen MR) is 118 cm³/mol. The summed E-state index contributed by atoms with van der Waals surface area (Å²) >= 11 is 3.03. The van der Waals surface area contributed by atoms with Gasteiger partial charge in [-0.3, -0.25) is 14.2 Å². The zero-order valence-corrected chi connectivity index (χ0v) is 18.6. The van der Waals surface area contributed by atoms with Gasteiger partial charge in [0.05, 0.1) is 17.2 Å². The van der Waals surface area contributed by atoms with E-state index >= 15 is 0 Å². The highest BCUT2D eigenvalue weighted by Gasteiger charge is 2.23. The SMILES string of the molecule is CCCCCn1c(SCC(=O)NCC2CCCO2)nc2sc3c(c2c1=O)CCC3. The number of hydrogen-bond acceptors (Lipinski definition) is 6. The molecule has 2 aromatic rings. The first-order chi connectivity index (χ1) is 14.2. The van der Waals surface area contributed by atoms with E-state index in [9.17, 15) is 9.59 Å². The molecule has 1 atom stereocenters. The third kappa shape index (κ3) is 4.70. The van der Waals surface area contributed by atoms with Crippen LogP contribution < -0.4 is 10.9 Å². The number of nitrogens with zero attached hydrogens (tertiary/aromatic N) is 2. The Labute approximate surface area is 179 Å². The van der Waals surface area contributed by atoms with Crippen LogP contribution in [0, 0.1) is 0 Å². The molecular formula is C21H29N3O3S2. The molecule has 1 fully saturated rings. The second-order valence-electron chi connectivity index (χ2n) is 7.82. The number of amides is 1. The van der Waals surface area contributed by atoms with Gasteiger partial charge in [0.2, 0.25) is 5.91 Å². The van der Waals surface area contributed by atoms with Gasteiger partial charge in [0.15, 0.2) is 5.16 Å². The molecule has 0 aromatic carbocycles. The summed E-state index contributed by atoms with van der Waals surface area (Å²) in [5.74, 6) is 0.234. The third-order valence-electron chi connectivity index (χ3n) is 5.66. The Kier molecular flexibility index (Phi) is 6.92. The minimum absolute atomic E-state index is 0.0337. The molecule has 2 aromatic heterocycles. The van der Waals surface area contributed by atoms with Gasteiger partial charge in [0.1, 0.15) is 4.83 Å². The van der Waals surface area contributed by atoms with Gasteiger partial charge in [-0.1, -0.05) is 31.5 Å². The minimum Gasteiger partial charge on any atom is -0.376 e. The molecule has 0 spiro atoms. The summed E-state index contributed by atoms with van der Waals surface area (Å²) in [5.41, 5.74) is 1.30. The lowest BCUT2D eigenvalue weighted by Crippen LogP contribution is -2.33. The molecule has 1 amide bonds. The molecule has 0 radical (unpaired) electrons. The minimum atomic E-state index is -0.0337. The lowest BCUT2D eigenvalue weighted by molar-refractivity contribution is -0.119. The number of carbonyl (C=O) groups excluding carboxylic acids is 1. The van der Waals surface area contributed by atoms with E-state index in [4.69, 9.17) is 9.72 Å². The average Bonchev–Trinajstić information content (AvgIpc) is 3.44. The first-order valence-corrected chi connectivity index (χ1v) is 12.5. The fraction of sp³-hybridized carbons (Fsp3) is 0.667. The van der Waals surface area contributed by atoms with E-state index in [-0.39, 0.29) is 23.3 Å². The van der Waals surface area contributed by atoms with Gasteiger partial charge in [0.25, 0.3) is 5.56 Å². The van der Waals surface area contributed by atoms with Crippen LogP contribution in [0.2, 0.25) is 0 Å². The van der Waals surface area contributed by atoms with Crippen molar-refractivity contribution in [3.05, 3.63) is 20.8 Å². The standard InChI is InChI=1S/C21H29N3O3S2/c1-2-3-4-10-24-20(26)18-15-8-5-9-16(15)29-19(18)23-21(24)28-13-17(25)22-12-14-7-6-11-27-14/h14H,2-13H2,1H3,(H,22,25). The van der Waals surface area contributed by atoms with Gasteiger partial charge in [-0.25, -0.2) is 4.98 Å². The Balaban J connectivity index is 1.51. The smallest absolute Gasteiger partial charge is 0.263 e. The zero-order chi connectivity index (χ0) is 20.2. The first-order valence-electron chi connectivity index (χ1n) is 10.7. The van der Waals surface area contributed by atoms with Gasteiger partial charge in [-0.05, 0) is 44.1 Å². The number of thiophene rings is 1. The summed E-state index contributed by atoms with van der Waals surface area (Å²) in [4.78, 5) is 32.6. The molecule has 0 saturated carbocycles. The molecule has 0 bridgehead atoms. The second kappa shape index (κ2) is 9.62. The van der Waals surface area contributed by atoms with Crippen LogP contribution in [0.3, 0.4) is 0 Å². The molecule has 1 saturated heterocycles.